The lowest BCUT2D eigenvalue weighted by Crippen LogP contribution is -2.36. The quantitative estimate of drug-likeness (QED) is 0.592. The van der Waals surface area contributed by atoms with Gasteiger partial charge in [-0.2, -0.15) is 0 Å². The van der Waals surface area contributed by atoms with Crippen LogP contribution in [0.3, 0.4) is 0 Å². The monoisotopic (exact) mass is 399 g/mol. The summed E-state index contributed by atoms with van der Waals surface area (Å²) in [5.74, 6) is 0.628. The molecule has 0 fully saturated rings. The summed E-state index contributed by atoms with van der Waals surface area (Å²) in [5, 5.41) is 7.09. The smallest absolute Gasteiger partial charge is 0.315 e. The number of H-pyrrole nitrogens is 1. The number of urea groups is 1. The number of fused-ring (bicyclic) bond motifs is 1. The highest BCUT2D eigenvalue weighted by molar-refractivity contribution is 6.30. The Hall–Kier alpha value is -2.99. The van der Waals surface area contributed by atoms with Crippen LogP contribution < -0.4 is 20.9 Å². The summed E-state index contributed by atoms with van der Waals surface area (Å²) in [4.78, 5) is 27.2. The molecule has 1 heterocycles. The average Bonchev–Trinajstić information content (AvgIpc) is 2.67. The largest absolute Gasteiger partial charge is 0.495 e. The van der Waals surface area contributed by atoms with Gasteiger partial charge in [0.2, 0.25) is 0 Å². The summed E-state index contributed by atoms with van der Waals surface area (Å²) in [6, 6.07) is 12.6. The number of halogens is 1. The normalized spacial score (nSPS) is 10.7. The molecule has 3 rings (SSSR count). The Labute approximate surface area is 167 Å². The van der Waals surface area contributed by atoms with Crippen molar-refractivity contribution in [1.29, 1.82) is 0 Å². The first kappa shape index (κ1) is 19.8. The zero-order chi connectivity index (χ0) is 20.1. The third-order valence-corrected chi connectivity index (χ3v) is 4.75. The van der Waals surface area contributed by atoms with E-state index < -0.39 is 0 Å². The molecule has 0 spiro atoms. The van der Waals surface area contributed by atoms with E-state index in [2.05, 4.69) is 15.6 Å². The van der Waals surface area contributed by atoms with Crippen LogP contribution in [0.2, 0.25) is 5.02 Å². The Morgan fingerprint density at radius 2 is 2.00 bits per heavy atom. The highest BCUT2D eigenvalue weighted by Crippen LogP contribution is 2.25. The van der Waals surface area contributed by atoms with E-state index in [9.17, 15) is 9.59 Å². The maximum atomic E-state index is 12.4. The number of ether oxygens (including phenoxy) is 1. The van der Waals surface area contributed by atoms with Crippen LogP contribution in [0.4, 0.5) is 4.79 Å². The molecule has 3 aromatic rings. The van der Waals surface area contributed by atoms with Crippen molar-refractivity contribution in [2.24, 2.45) is 0 Å². The Kier molecular flexibility index (Phi) is 6.21. The van der Waals surface area contributed by atoms with Crippen LogP contribution in [0.1, 0.15) is 16.7 Å². The van der Waals surface area contributed by atoms with Gasteiger partial charge in [0.05, 0.1) is 12.6 Å². The number of hydrogen-bond donors (Lipinski definition) is 3. The Bertz CT molecular complexity index is 1060. The van der Waals surface area contributed by atoms with Gasteiger partial charge in [0.1, 0.15) is 5.75 Å². The molecule has 0 aliphatic rings. The van der Waals surface area contributed by atoms with Crippen LogP contribution in [0.5, 0.6) is 5.75 Å². The molecule has 0 aliphatic heterocycles. The first-order valence-electron chi connectivity index (χ1n) is 8.93. The number of carbonyl (C=O) groups is 1. The van der Waals surface area contributed by atoms with Gasteiger partial charge in [-0.05, 0) is 48.7 Å². The van der Waals surface area contributed by atoms with Crippen molar-refractivity contribution in [3.05, 3.63) is 74.5 Å². The van der Waals surface area contributed by atoms with Gasteiger partial charge in [-0.25, -0.2) is 4.79 Å². The van der Waals surface area contributed by atoms with Crippen LogP contribution in [0, 0.1) is 6.92 Å². The minimum atomic E-state index is -0.296. The average molecular weight is 400 g/mol. The maximum absolute atomic E-state index is 12.4. The van der Waals surface area contributed by atoms with Gasteiger partial charge in [0.15, 0.2) is 0 Å². The molecular weight excluding hydrogens is 378 g/mol. The summed E-state index contributed by atoms with van der Waals surface area (Å²) < 4.78 is 5.32. The molecule has 7 heteroatoms. The molecule has 3 N–H and O–H groups in total. The van der Waals surface area contributed by atoms with Gasteiger partial charge in [-0.15, -0.1) is 0 Å². The third kappa shape index (κ3) is 4.64. The summed E-state index contributed by atoms with van der Waals surface area (Å²) in [5.41, 5.74) is 3.07. The zero-order valence-electron chi connectivity index (χ0n) is 15.8. The van der Waals surface area contributed by atoms with Crippen LogP contribution >= 0.6 is 11.6 Å². The Balaban J connectivity index is 1.60. The molecule has 2 amide bonds. The molecule has 2 aromatic carbocycles. The van der Waals surface area contributed by atoms with Gasteiger partial charge >= 0.3 is 6.03 Å². The first-order valence-corrected chi connectivity index (χ1v) is 9.31. The van der Waals surface area contributed by atoms with E-state index >= 15 is 0 Å². The summed E-state index contributed by atoms with van der Waals surface area (Å²) in [6.45, 7) is 2.70. The van der Waals surface area contributed by atoms with Gasteiger partial charge < -0.3 is 20.4 Å². The maximum Gasteiger partial charge on any atom is 0.315 e. The second-order valence-corrected chi connectivity index (χ2v) is 6.92. The van der Waals surface area contributed by atoms with E-state index in [0.29, 0.717) is 41.4 Å². The Morgan fingerprint density at radius 3 is 2.75 bits per heavy atom. The van der Waals surface area contributed by atoms with Crippen molar-refractivity contribution in [2.45, 2.75) is 19.9 Å². The molecular formula is C21H22ClN3O3. The van der Waals surface area contributed by atoms with Gasteiger partial charge in [-0.1, -0.05) is 29.8 Å². The summed E-state index contributed by atoms with van der Waals surface area (Å²) in [7, 11) is 1.57. The predicted octanol–water partition coefficient (Wildman–Crippen LogP) is 3.54. The van der Waals surface area contributed by atoms with Crippen LogP contribution in [-0.4, -0.2) is 24.7 Å². The molecule has 0 atom stereocenters. The van der Waals surface area contributed by atoms with Crippen molar-refractivity contribution < 1.29 is 9.53 Å². The van der Waals surface area contributed by atoms with Crippen molar-refractivity contribution in [1.82, 2.24) is 15.6 Å². The summed E-state index contributed by atoms with van der Waals surface area (Å²) in [6.07, 6.45) is 0.423. The van der Waals surface area contributed by atoms with E-state index in [-0.39, 0.29) is 11.6 Å². The molecule has 0 saturated carbocycles. The van der Waals surface area contributed by atoms with E-state index in [1.165, 1.54) is 0 Å². The number of rotatable bonds is 6. The van der Waals surface area contributed by atoms with Crippen molar-refractivity contribution in [3.8, 4) is 5.75 Å². The molecule has 0 radical (unpaired) electrons. The van der Waals surface area contributed by atoms with E-state index in [4.69, 9.17) is 16.3 Å². The number of aromatic amines is 1. The van der Waals surface area contributed by atoms with Gasteiger partial charge in [0.25, 0.3) is 5.56 Å². The number of aryl methyl sites for hydroxylation is 1. The first-order chi connectivity index (χ1) is 13.5. The second kappa shape index (κ2) is 8.80. The highest BCUT2D eigenvalue weighted by atomic mass is 35.5. The fourth-order valence-corrected chi connectivity index (χ4v) is 3.22. The number of carbonyl (C=O) groups excluding carboxylic acids is 1. The standard InChI is InChI=1S/C21H22ClN3O3/c1-13-6-7-18(28-2)19-17(13)11-15(20(26)25-19)8-9-23-21(27)24-12-14-4-3-5-16(22)10-14/h3-7,10-11H,8-9,12H2,1-2H3,(H,25,26)(H2,23,24,27). The lowest BCUT2D eigenvalue weighted by molar-refractivity contribution is 0.240. The fourth-order valence-electron chi connectivity index (χ4n) is 3.01. The second-order valence-electron chi connectivity index (χ2n) is 6.49. The topological polar surface area (TPSA) is 83.2 Å². The molecule has 0 unspecified atom stereocenters. The van der Waals surface area contributed by atoms with Crippen molar-refractivity contribution in [2.75, 3.05) is 13.7 Å². The molecule has 0 bridgehead atoms. The molecule has 28 heavy (non-hydrogen) atoms. The predicted molar refractivity (Wildman–Crippen MR) is 111 cm³/mol. The number of aromatic nitrogens is 1. The number of amides is 2. The molecule has 0 saturated heterocycles. The Morgan fingerprint density at radius 1 is 1.18 bits per heavy atom. The van der Waals surface area contributed by atoms with Crippen LogP contribution in [0.15, 0.2) is 47.3 Å². The highest BCUT2D eigenvalue weighted by Gasteiger charge is 2.09. The van der Waals surface area contributed by atoms with Crippen LogP contribution in [0.25, 0.3) is 10.9 Å². The lowest BCUT2D eigenvalue weighted by Gasteiger charge is -2.10. The third-order valence-electron chi connectivity index (χ3n) is 4.52. The summed E-state index contributed by atoms with van der Waals surface area (Å²) >= 11 is 5.93. The number of nitrogens with one attached hydrogen (secondary N) is 3. The molecule has 1 aromatic heterocycles. The molecule has 0 aliphatic carbocycles. The molecule has 146 valence electrons. The zero-order valence-corrected chi connectivity index (χ0v) is 16.5. The minimum Gasteiger partial charge on any atom is -0.495 e. The van der Waals surface area contributed by atoms with E-state index in [1.54, 1.807) is 19.2 Å². The van der Waals surface area contributed by atoms with E-state index in [0.717, 1.165) is 16.5 Å². The molecule has 6 nitrogen and oxygen atoms in total. The minimum absolute atomic E-state index is 0.183. The number of pyridine rings is 1. The fraction of sp³-hybridized carbons (Fsp3) is 0.238. The van der Waals surface area contributed by atoms with Gasteiger partial charge in [0, 0.05) is 29.1 Å². The number of methoxy groups -OCH3 is 1. The van der Waals surface area contributed by atoms with Crippen molar-refractivity contribution in [3.63, 3.8) is 0 Å². The number of hydrogen-bond acceptors (Lipinski definition) is 3. The van der Waals surface area contributed by atoms with E-state index in [1.807, 2.05) is 37.3 Å². The SMILES string of the molecule is COc1ccc(C)c2cc(CCNC(=O)NCc3cccc(Cl)c3)c(=O)[nH]c12. The lowest BCUT2D eigenvalue weighted by atomic mass is 10.1. The van der Waals surface area contributed by atoms with Crippen molar-refractivity contribution >= 4 is 28.5 Å². The number of benzene rings is 2. The van der Waals surface area contributed by atoms with Crippen LogP contribution in [-0.2, 0) is 13.0 Å². The van der Waals surface area contributed by atoms with Gasteiger partial charge in [-0.3, -0.25) is 4.79 Å².